The number of sulfone groups is 1. The Labute approximate surface area is 151 Å². The van der Waals surface area contributed by atoms with Crippen molar-refractivity contribution in [1.29, 1.82) is 0 Å². The molecule has 0 saturated heterocycles. The van der Waals surface area contributed by atoms with Gasteiger partial charge in [0.2, 0.25) is 11.8 Å². The Balaban J connectivity index is 1.94. The molecular weight excluding hydrogens is 364 g/mol. The fourth-order valence-corrected chi connectivity index (χ4v) is 3.91. The Kier molecular flexibility index (Phi) is 6.17. The van der Waals surface area contributed by atoms with Crippen LogP contribution in [0.1, 0.15) is 13.3 Å². The average Bonchev–Trinajstić information content (AvgIpc) is 2.55. The molecule has 8 heteroatoms. The van der Waals surface area contributed by atoms with Crippen LogP contribution in [-0.2, 0) is 19.4 Å². The zero-order chi connectivity index (χ0) is 18.4. The second-order valence-electron chi connectivity index (χ2n) is 5.31. The lowest BCUT2D eigenvalue weighted by molar-refractivity contribution is -0.116. The van der Waals surface area contributed by atoms with Crippen LogP contribution in [0.25, 0.3) is 0 Å². The average molecular weight is 381 g/mol. The van der Waals surface area contributed by atoms with Gasteiger partial charge in [0.25, 0.3) is 0 Å². The van der Waals surface area contributed by atoms with Crippen molar-refractivity contribution in [2.75, 3.05) is 16.4 Å². The predicted molar refractivity (Wildman–Crippen MR) is 97.5 cm³/mol. The molecule has 2 aromatic rings. The van der Waals surface area contributed by atoms with Gasteiger partial charge in [-0.25, -0.2) is 8.42 Å². The minimum atomic E-state index is -3.64. The van der Waals surface area contributed by atoms with Gasteiger partial charge in [0.05, 0.1) is 15.7 Å². The van der Waals surface area contributed by atoms with Crippen LogP contribution in [0.2, 0.25) is 5.02 Å². The fraction of sp³-hybridized carbons (Fsp3) is 0.176. The van der Waals surface area contributed by atoms with Crippen molar-refractivity contribution < 1.29 is 18.0 Å². The molecular formula is C17H17ClN2O4S. The van der Waals surface area contributed by atoms with E-state index in [2.05, 4.69) is 10.6 Å². The highest BCUT2D eigenvalue weighted by atomic mass is 35.5. The third-order valence-electron chi connectivity index (χ3n) is 3.26. The van der Waals surface area contributed by atoms with Crippen molar-refractivity contribution in [3.63, 3.8) is 0 Å². The van der Waals surface area contributed by atoms with Crippen LogP contribution in [0.5, 0.6) is 0 Å². The Morgan fingerprint density at radius 2 is 1.52 bits per heavy atom. The quantitative estimate of drug-likeness (QED) is 0.805. The molecule has 0 aliphatic carbocycles. The summed E-state index contributed by atoms with van der Waals surface area (Å²) in [7, 11) is -3.64. The molecule has 25 heavy (non-hydrogen) atoms. The van der Waals surface area contributed by atoms with Gasteiger partial charge in [-0.15, -0.1) is 0 Å². The van der Waals surface area contributed by atoms with E-state index in [1.165, 1.54) is 19.1 Å². The smallest absolute Gasteiger partial charge is 0.225 e. The van der Waals surface area contributed by atoms with E-state index in [4.69, 9.17) is 11.6 Å². The lowest BCUT2D eigenvalue weighted by Crippen LogP contribution is -2.17. The number of amides is 2. The first-order valence-corrected chi connectivity index (χ1v) is 9.46. The number of hydrogen-bond acceptors (Lipinski definition) is 4. The first-order chi connectivity index (χ1) is 11.8. The topological polar surface area (TPSA) is 92.3 Å². The molecule has 0 atom stereocenters. The molecule has 2 N–H and O–H groups in total. The minimum absolute atomic E-state index is 0.0177. The van der Waals surface area contributed by atoms with E-state index in [1.807, 2.05) is 0 Å². The Morgan fingerprint density at radius 1 is 0.960 bits per heavy atom. The van der Waals surface area contributed by atoms with Gasteiger partial charge in [0, 0.05) is 24.7 Å². The number of nitrogens with one attached hydrogen (secondary N) is 2. The van der Waals surface area contributed by atoms with Gasteiger partial charge in [0.1, 0.15) is 0 Å². The van der Waals surface area contributed by atoms with Gasteiger partial charge in [-0.1, -0.05) is 23.7 Å². The second-order valence-corrected chi connectivity index (χ2v) is 7.79. The van der Waals surface area contributed by atoms with Gasteiger partial charge in [0.15, 0.2) is 9.84 Å². The SMILES string of the molecule is CC(=O)Nc1ccc(NC(=O)CCS(=O)(=O)c2ccccc2Cl)cc1. The molecule has 2 amide bonds. The maximum absolute atomic E-state index is 12.3. The number of rotatable bonds is 6. The summed E-state index contributed by atoms with van der Waals surface area (Å²) in [5, 5.41) is 5.36. The number of carbonyl (C=O) groups is 2. The van der Waals surface area contributed by atoms with Gasteiger partial charge in [-0.2, -0.15) is 0 Å². The third kappa shape index (κ3) is 5.58. The molecule has 0 saturated carbocycles. The maximum atomic E-state index is 12.3. The first kappa shape index (κ1) is 19.0. The van der Waals surface area contributed by atoms with E-state index < -0.39 is 15.7 Å². The van der Waals surface area contributed by atoms with Gasteiger partial charge in [-0.3, -0.25) is 9.59 Å². The Bertz CT molecular complexity index is 880. The standard InChI is InChI=1S/C17H17ClN2O4S/c1-12(21)19-13-6-8-14(9-7-13)20-17(22)10-11-25(23,24)16-5-3-2-4-15(16)18/h2-9H,10-11H2,1H3,(H,19,21)(H,20,22). The minimum Gasteiger partial charge on any atom is -0.326 e. The van der Waals surface area contributed by atoms with Gasteiger partial charge in [-0.05, 0) is 36.4 Å². The molecule has 2 rings (SSSR count). The van der Waals surface area contributed by atoms with Crippen LogP contribution in [0.3, 0.4) is 0 Å². The van der Waals surface area contributed by atoms with Crippen molar-refractivity contribution >= 4 is 44.6 Å². The van der Waals surface area contributed by atoms with Crippen LogP contribution in [0.4, 0.5) is 11.4 Å². The summed E-state index contributed by atoms with van der Waals surface area (Å²) in [6.45, 7) is 1.40. The zero-order valence-electron chi connectivity index (χ0n) is 13.5. The second kappa shape index (κ2) is 8.13. The Morgan fingerprint density at radius 3 is 2.08 bits per heavy atom. The van der Waals surface area contributed by atoms with E-state index in [9.17, 15) is 18.0 Å². The van der Waals surface area contributed by atoms with Crippen molar-refractivity contribution in [3.8, 4) is 0 Å². The van der Waals surface area contributed by atoms with E-state index in [1.54, 1.807) is 36.4 Å². The molecule has 0 heterocycles. The molecule has 0 aliphatic rings. The molecule has 0 aromatic heterocycles. The number of carbonyl (C=O) groups excluding carboxylic acids is 2. The molecule has 0 radical (unpaired) electrons. The summed E-state index contributed by atoms with van der Waals surface area (Å²) in [6, 6.07) is 12.6. The number of hydrogen-bond donors (Lipinski definition) is 2. The third-order valence-corrected chi connectivity index (χ3v) is 5.47. The van der Waals surface area contributed by atoms with E-state index in [-0.39, 0.29) is 28.0 Å². The monoisotopic (exact) mass is 380 g/mol. The van der Waals surface area contributed by atoms with Crippen LogP contribution in [0, 0.1) is 0 Å². The summed E-state index contributed by atoms with van der Waals surface area (Å²) in [4.78, 5) is 22.9. The molecule has 0 bridgehead atoms. The summed E-state index contributed by atoms with van der Waals surface area (Å²) in [5.41, 5.74) is 1.11. The first-order valence-electron chi connectivity index (χ1n) is 7.43. The fourth-order valence-electron chi connectivity index (χ4n) is 2.10. The Hall–Kier alpha value is -2.38. The molecule has 6 nitrogen and oxygen atoms in total. The van der Waals surface area contributed by atoms with Crippen molar-refractivity contribution in [2.24, 2.45) is 0 Å². The predicted octanol–water partition coefficient (Wildman–Crippen LogP) is 3.10. The molecule has 0 aliphatic heterocycles. The molecule has 132 valence electrons. The number of benzene rings is 2. The summed E-state index contributed by atoms with van der Waals surface area (Å²) >= 11 is 5.89. The van der Waals surface area contributed by atoms with Crippen molar-refractivity contribution in [2.45, 2.75) is 18.2 Å². The molecule has 0 spiro atoms. The van der Waals surface area contributed by atoms with Crippen LogP contribution in [0.15, 0.2) is 53.4 Å². The summed E-state index contributed by atoms with van der Waals surface area (Å²) in [5.74, 6) is -0.962. The highest BCUT2D eigenvalue weighted by Crippen LogP contribution is 2.22. The van der Waals surface area contributed by atoms with E-state index >= 15 is 0 Å². The summed E-state index contributed by atoms with van der Waals surface area (Å²) < 4.78 is 24.5. The van der Waals surface area contributed by atoms with E-state index in [0.29, 0.717) is 11.4 Å². The van der Waals surface area contributed by atoms with Crippen LogP contribution >= 0.6 is 11.6 Å². The lowest BCUT2D eigenvalue weighted by Gasteiger charge is -2.08. The number of anilines is 2. The molecule has 2 aromatic carbocycles. The van der Waals surface area contributed by atoms with Crippen LogP contribution < -0.4 is 10.6 Å². The van der Waals surface area contributed by atoms with Crippen molar-refractivity contribution in [3.05, 3.63) is 53.6 Å². The largest absolute Gasteiger partial charge is 0.326 e. The van der Waals surface area contributed by atoms with Crippen LogP contribution in [-0.4, -0.2) is 26.0 Å². The van der Waals surface area contributed by atoms with Gasteiger partial charge < -0.3 is 10.6 Å². The maximum Gasteiger partial charge on any atom is 0.225 e. The summed E-state index contributed by atoms with van der Waals surface area (Å²) in [6.07, 6.45) is -0.193. The molecule has 0 unspecified atom stereocenters. The highest BCUT2D eigenvalue weighted by molar-refractivity contribution is 7.91. The van der Waals surface area contributed by atoms with Crippen molar-refractivity contribution in [1.82, 2.24) is 0 Å². The number of halogens is 1. The highest BCUT2D eigenvalue weighted by Gasteiger charge is 2.19. The zero-order valence-corrected chi connectivity index (χ0v) is 15.0. The van der Waals surface area contributed by atoms with Gasteiger partial charge >= 0.3 is 0 Å². The van der Waals surface area contributed by atoms with E-state index in [0.717, 1.165) is 0 Å². The lowest BCUT2D eigenvalue weighted by atomic mass is 10.2. The normalized spacial score (nSPS) is 11.0. The molecule has 0 fully saturated rings.